The molecule has 0 fully saturated rings. The second kappa shape index (κ2) is 10.8. The molecule has 1 aliphatic heterocycles. The van der Waals surface area contributed by atoms with E-state index in [-0.39, 0.29) is 34.9 Å². The molecule has 0 unspecified atom stereocenters. The van der Waals surface area contributed by atoms with Gasteiger partial charge < -0.3 is 15.2 Å². The van der Waals surface area contributed by atoms with Crippen LogP contribution in [0, 0.1) is 5.92 Å². The second-order valence-electron chi connectivity index (χ2n) is 10.4. The minimum atomic E-state index is -0.564. The molecule has 10 heteroatoms. The molecule has 3 heterocycles. The highest BCUT2D eigenvalue weighted by atomic mass is 32.1. The van der Waals surface area contributed by atoms with Crippen molar-refractivity contribution in [2.24, 2.45) is 13.0 Å². The molecule has 0 saturated heterocycles. The summed E-state index contributed by atoms with van der Waals surface area (Å²) in [6.07, 6.45) is 0.995. The summed E-state index contributed by atoms with van der Waals surface area (Å²) in [5.41, 5.74) is 8.19. The lowest BCUT2D eigenvalue weighted by Gasteiger charge is -2.15. The van der Waals surface area contributed by atoms with Crippen LogP contribution in [0.25, 0.3) is 21.8 Å². The quantitative estimate of drug-likeness (QED) is 0.300. The summed E-state index contributed by atoms with van der Waals surface area (Å²) in [4.78, 5) is 45.3. The first-order valence-corrected chi connectivity index (χ1v) is 14.1. The predicted molar refractivity (Wildman–Crippen MR) is 156 cm³/mol. The molecule has 1 atom stereocenters. The highest BCUT2D eigenvalue weighted by Crippen LogP contribution is 2.40. The van der Waals surface area contributed by atoms with Crippen LogP contribution in [-0.4, -0.2) is 26.7 Å². The molecule has 0 radical (unpaired) electrons. The molecule has 0 amide bonds. The Hall–Kier alpha value is -4.18. The largest absolute Gasteiger partial charge is 0.454 e. The SMILES string of the molecule is CC[C@H](C)c1ccc(C(=O)c2sc(-c3c(N)n(CC(C)C)c(=O)n(C)c3=O)nc2-c2ccc3c(c2)OCO3)cc1. The van der Waals surface area contributed by atoms with Gasteiger partial charge in [-0.05, 0) is 42.0 Å². The highest BCUT2D eigenvalue weighted by Gasteiger charge is 2.27. The van der Waals surface area contributed by atoms with E-state index in [0.29, 0.717) is 45.7 Å². The summed E-state index contributed by atoms with van der Waals surface area (Å²) in [6, 6.07) is 12.9. The number of benzene rings is 2. The molecule has 0 aliphatic carbocycles. The van der Waals surface area contributed by atoms with E-state index in [1.807, 2.05) is 38.1 Å². The number of anilines is 1. The molecule has 2 N–H and O–H groups in total. The second-order valence-corrected chi connectivity index (χ2v) is 11.4. The Bertz CT molecular complexity index is 1720. The zero-order valence-electron chi connectivity index (χ0n) is 23.2. The van der Waals surface area contributed by atoms with E-state index in [2.05, 4.69) is 13.8 Å². The first kappa shape index (κ1) is 27.4. The summed E-state index contributed by atoms with van der Waals surface area (Å²) in [5, 5.41) is 0.267. The summed E-state index contributed by atoms with van der Waals surface area (Å²) in [6.45, 7) is 8.64. The zero-order valence-corrected chi connectivity index (χ0v) is 24.0. The maximum Gasteiger partial charge on any atom is 0.332 e. The molecule has 4 aromatic rings. The summed E-state index contributed by atoms with van der Waals surface area (Å²) in [5.74, 6) is 1.45. The van der Waals surface area contributed by atoms with Gasteiger partial charge in [-0.1, -0.05) is 52.0 Å². The van der Waals surface area contributed by atoms with Crippen LogP contribution in [0.15, 0.2) is 52.1 Å². The number of ether oxygens (including phenoxy) is 2. The molecular formula is C30H32N4O5S. The molecule has 0 saturated carbocycles. The van der Waals surface area contributed by atoms with Crippen LogP contribution in [0.5, 0.6) is 11.5 Å². The smallest absolute Gasteiger partial charge is 0.332 e. The van der Waals surface area contributed by atoms with E-state index >= 15 is 0 Å². The summed E-state index contributed by atoms with van der Waals surface area (Å²) >= 11 is 1.09. The predicted octanol–water partition coefficient (Wildman–Crippen LogP) is 5.05. The van der Waals surface area contributed by atoms with Crippen molar-refractivity contribution < 1.29 is 14.3 Å². The monoisotopic (exact) mass is 560 g/mol. The molecule has 0 spiro atoms. The number of aromatic nitrogens is 3. The molecule has 40 heavy (non-hydrogen) atoms. The number of nitrogen functional groups attached to an aromatic ring is 1. The number of nitrogens with zero attached hydrogens (tertiary/aromatic N) is 3. The van der Waals surface area contributed by atoms with E-state index in [4.69, 9.17) is 20.2 Å². The molecule has 5 rings (SSSR count). The van der Waals surface area contributed by atoms with Gasteiger partial charge in [-0.3, -0.25) is 18.7 Å². The van der Waals surface area contributed by atoms with Crippen LogP contribution in [0.2, 0.25) is 0 Å². The summed E-state index contributed by atoms with van der Waals surface area (Å²) < 4.78 is 13.4. The Labute approximate surface area is 235 Å². The van der Waals surface area contributed by atoms with Crippen molar-refractivity contribution in [3.8, 4) is 33.3 Å². The fraction of sp³-hybridized carbons (Fsp3) is 0.333. The molecule has 2 aromatic carbocycles. The molecule has 208 valence electrons. The molecule has 2 aromatic heterocycles. The van der Waals surface area contributed by atoms with E-state index < -0.39 is 11.2 Å². The number of rotatable bonds is 8. The van der Waals surface area contributed by atoms with Crippen LogP contribution in [-0.2, 0) is 13.6 Å². The third-order valence-electron chi connectivity index (χ3n) is 7.18. The lowest BCUT2D eigenvalue weighted by Crippen LogP contribution is -2.41. The highest BCUT2D eigenvalue weighted by molar-refractivity contribution is 7.17. The van der Waals surface area contributed by atoms with Gasteiger partial charge in [0.2, 0.25) is 12.6 Å². The van der Waals surface area contributed by atoms with Gasteiger partial charge in [0.15, 0.2) is 11.5 Å². The molecule has 9 nitrogen and oxygen atoms in total. The van der Waals surface area contributed by atoms with Gasteiger partial charge in [-0.2, -0.15) is 0 Å². The first-order valence-electron chi connectivity index (χ1n) is 13.3. The van der Waals surface area contributed by atoms with Crippen molar-refractivity contribution in [2.75, 3.05) is 12.5 Å². The van der Waals surface area contributed by atoms with Crippen LogP contribution < -0.4 is 26.5 Å². The van der Waals surface area contributed by atoms with E-state index in [1.165, 1.54) is 11.6 Å². The number of carbonyl (C=O) groups is 1. The van der Waals surface area contributed by atoms with E-state index in [1.54, 1.807) is 18.2 Å². The number of hydrogen-bond acceptors (Lipinski definition) is 8. The number of fused-ring (bicyclic) bond motifs is 1. The number of nitrogens with two attached hydrogens (primary N) is 1. The number of thiazole rings is 1. The molecule has 0 bridgehead atoms. The third-order valence-corrected chi connectivity index (χ3v) is 8.25. The molecular weight excluding hydrogens is 528 g/mol. The Morgan fingerprint density at radius 2 is 1.77 bits per heavy atom. The normalized spacial score (nSPS) is 13.2. The number of carbonyl (C=O) groups excluding carboxylic acids is 1. The Kier molecular flexibility index (Phi) is 7.37. The van der Waals surface area contributed by atoms with Crippen molar-refractivity contribution in [3.63, 3.8) is 0 Å². The Morgan fingerprint density at radius 1 is 1.07 bits per heavy atom. The van der Waals surface area contributed by atoms with Crippen molar-refractivity contribution in [2.45, 2.75) is 46.6 Å². The Morgan fingerprint density at radius 3 is 2.45 bits per heavy atom. The molecule has 1 aliphatic rings. The van der Waals surface area contributed by atoms with Gasteiger partial charge in [-0.25, -0.2) is 9.78 Å². The minimum Gasteiger partial charge on any atom is -0.454 e. The fourth-order valence-electron chi connectivity index (χ4n) is 4.68. The van der Waals surface area contributed by atoms with Gasteiger partial charge in [0.05, 0.1) is 5.69 Å². The number of ketones is 1. The van der Waals surface area contributed by atoms with Crippen LogP contribution in [0.1, 0.15) is 60.8 Å². The Balaban J connectivity index is 1.70. The number of hydrogen-bond donors (Lipinski definition) is 1. The van der Waals surface area contributed by atoms with Gasteiger partial charge in [0, 0.05) is 24.7 Å². The van der Waals surface area contributed by atoms with Crippen LogP contribution in [0.3, 0.4) is 0 Å². The van der Waals surface area contributed by atoms with Crippen LogP contribution >= 0.6 is 11.3 Å². The van der Waals surface area contributed by atoms with Gasteiger partial charge >= 0.3 is 5.69 Å². The zero-order chi connectivity index (χ0) is 28.7. The van der Waals surface area contributed by atoms with Crippen molar-refractivity contribution in [1.82, 2.24) is 14.1 Å². The topological polar surface area (TPSA) is 118 Å². The average molecular weight is 561 g/mol. The summed E-state index contributed by atoms with van der Waals surface area (Å²) in [7, 11) is 1.42. The van der Waals surface area contributed by atoms with E-state index in [9.17, 15) is 14.4 Å². The lowest BCUT2D eigenvalue weighted by molar-refractivity contribution is 0.104. The first-order chi connectivity index (χ1) is 19.1. The minimum absolute atomic E-state index is 0.0321. The van der Waals surface area contributed by atoms with Crippen LogP contribution in [0.4, 0.5) is 5.82 Å². The van der Waals surface area contributed by atoms with Crippen molar-refractivity contribution >= 4 is 22.9 Å². The average Bonchev–Trinajstić information content (AvgIpc) is 3.60. The van der Waals surface area contributed by atoms with Gasteiger partial charge in [-0.15, -0.1) is 11.3 Å². The maximum absolute atomic E-state index is 13.9. The lowest BCUT2D eigenvalue weighted by atomic mass is 9.96. The fourth-order valence-corrected chi connectivity index (χ4v) is 5.77. The van der Waals surface area contributed by atoms with Crippen molar-refractivity contribution in [3.05, 3.63) is 79.3 Å². The van der Waals surface area contributed by atoms with Gasteiger partial charge in [0.25, 0.3) is 5.56 Å². The maximum atomic E-state index is 13.9. The van der Waals surface area contributed by atoms with Gasteiger partial charge in [0.1, 0.15) is 21.3 Å². The van der Waals surface area contributed by atoms with E-state index in [0.717, 1.165) is 27.9 Å². The van der Waals surface area contributed by atoms with Crippen molar-refractivity contribution in [1.29, 1.82) is 0 Å². The third kappa shape index (κ3) is 4.83. The standard InChI is InChI=1S/C30H32N4O5S/c1-6-17(4)18-7-9-19(10-8-18)25(35)26-24(20-11-12-21-22(13-20)39-15-38-21)32-28(40-26)23-27(31)34(14-16(2)3)30(37)33(5)29(23)36/h7-13,16-17H,6,14-15,31H2,1-5H3/t17-/m0/s1.